The topological polar surface area (TPSA) is 46.9 Å². The Bertz CT molecular complexity index is 688. The molecule has 1 atom stereocenters. The van der Waals surface area contributed by atoms with E-state index in [1.165, 1.54) is 6.07 Å². The number of carbonyl (C=O) groups excluding carboxylic acids is 1. The predicted octanol–water partition coefficient (Wildman–Crippen LogP) is 2.96. The third-order valence-electron chi connectivity index (χ3n) is 3.48. The maximum atomic E-state index is 13.7. The molecule has 2 heterocycles. The van der Waals surface area contributed by atoms with Gasteiger partial charge >= 0.3 is 0 Å². The van der Waals surface area contributed by atoms with Crippen LogP contribution in [0.15, 0.2) is 16.6 Å². The Balaban J connectivity index is 2.03. The van der Waals surface area contributed by atoms with Crippen molar-refractivity contribution < 1.29 is 9.18 Å². The van der Waals surface area contributed by atoms with E-state index < -0.39 is 0 Å². The minimum Gasteiger partial charge on any atom is -0.352 e. The highest BCUT2D eigenvalue weighted by Crippen LogP contribution is 2.25. The first-order valence-electron chi connectivity index (χ1n) is 6.28. The number of hydrogen-bond acceptors (Lipinski definition) is 2. The number of imidazole rings is 1. The lowest BCUT2D eigenvalue weighted by molar-refractivity contribution is -0.119. The molecule has 106 valence electrons. The summed E-state index contributed by atoms with van der Waals surface area (Å²) in [6, 6.07) is 3.14. The molecule has 1 fully saturated rings. The SMILES string of the molecule is O=C1CCC(Cn2c(CCl)nc3cc(Br)c(F)cc32)N1. The zero-order valence-electron chi connectivity index (χ0n) is 10.5. The van der Waals surface area contributed by atoms with Crippen LogP contribution in [0.2, 0.25) is 0 Å². The molecule has 0 aliphatic carbocycles. The number of hydrogen-bond donors (Lipinski definition) is 1. The number of nitrogens with one attached hydrogen (secondary N) is 1. The van der Waals surface area contributed by atoms with Crippen LogP contribution in [0.1, 0.15) is 18.7 Å². The quantitative estimate of drug-likeness (QED) is 0.856. The fraction of sp³-hybridized carbons (Fsp3) is 0.385. The molecule has 3 rings (SSSR count). The minimum absolute atomic E-state index is 0.0496. The number of benzene rings is 1. The molecule has 2 aromatic rings. The van der Waals surface area contributed by atoms with Crippen LogP contribution in [-0.4, -0.2) is 21.5 Å². The van der Waals surface area contributed by atoms with E-state index in [1.807, 2.05) is 4.57 Å². The molecule has 0 radical (unpaired) electrons. The molecule has 1 aromatic carbocycles. The lowest BCUT2D eigenvalue weighted by Gasteiger charge is -2.13. The molecule has 1 aliphatic rings. The number of amides is 1. The molecule has 1 N–H and O–H groups in total. The van der Waals surface area contributed by atoms with Crippen molar-refractivity contribution in [3.05, 3.63) is 28.2 Å². The van der Waals surface area contributed by atoms with E-state index in [2.05, 4.69) is 26.2 Å². The Morgan fingerprint density at radius 2 is 2.35 bits per heavy atom. The summed E-state index contributed by atoms with van der Waals surface area (Å²) in [4.78, 5) is 15.7. The molecule has 0 bridgehead atoms. The van der Waals surface area contributed by atoms with Gasteiger partial charge in [0.2, 0.25) is 5.91 Å². The van der Waals surface area contributed by atoms with Gasteiger partial charge in [0.1, 0.15) is 11.6 Å². The van der Waals surface area contributed by atoms with Gasteiger partial charge in [0.05, 0.1) is 21.4 Å². The van der Waals surface area contributed by atoms with Crippen molar-refractivity contribution in [1.29, 1.82) is 0 Å². The van der Waals surface area contributed by atoms with Crippen molar-refractivity contribution in [3.8, 4) is 0 Å². The van der Waals surface area contributed by atoms with E-state index in [0.717, 1.165) is 6.42 Å². The first-order valence-corrected chi connectivity index (χ1v) is 7.60. The first kappa shape index (κ1) is 13.8. The molecule has 1 aromatic heterocycles. The van der Waals surface area contributed by atoms with E-state index in [0.29, 0.717) is 34.3 Å². The average Bonchev–Trinajstić information content (AvgIpc) is 2.96. The van der Waals surface area contributed by atoms with E-state index in [1.54, 1.807) is 6.07 Å². The van der Waals surface area contributed by atoms with Crippen molar-refractivity contribution in [3.63, 3.8) is 0 Å². The zero-order chi connectivity index (χ0) is 14.3. The summed E-state index contributed by atoms with van der Waals surface area (Å²) in [7, 11) is 0. The van der Waals surface area contributed by atoms with Crippen LogP contribution in [0.4, 0.5) is 4.39 Å². The van der Waals surface area contributed by atoms with Crippen LogP contribution >= 0.6 is 27.5 Å². The van der Waals surface area contributed by atoms with Gasteiger partial charge in [-0.1, -0.05) is 0 Å². The zero-order valence-corrected chi connectivity index (χ0v) is 12.8. The number of carbonyl (C=O) groups is 1. The van der Waals surface area contributed by atoms with Gasteiger partial charge in [-0.05, 0) is 28.4 Å². The largest absolute Gasteiger partial charge is 0.352 e. The highest BCUT2D eigenvalue weighted by atomic mass is 79.9. The Morgan fingerprint density at radius 1 is 1.55 bits per heavy atom. The van der Waals surface area contributed by atoms with Crippen LogP contribution in [0.3, 0.4) is 0 Å². The summed E-state index contributed by atoms with van der Waals surface area (Å²) in [5, 5.41) is 2.90. The van der Waals surface area contributed by atoms with Crippen molar-refractivity contribution in [1.82, 2.24) is 14.9 Å². The molecular formula is C13H12BrClFN3O. The van der Waals surface area contributed by atoms with Crippen molar-refractivity contribution >= 4 is 44.5 Å². The van der Waals surface area contributed by atoms with Crippen LogP contribution in [0.25, 0.3) is 11.0 Å². The Morgan fingerprint density at radius 3 is 3.00 bits per heavy atom. The third-order valence-corrected chi connectivity index (χ3v) is 4.32. The van der Waals surface area contributed by atoms with Crippen LogP contribution in [0, 0.1) is 5.82 Å². The fourth-order valence-corrected chi connectivity index (χ4v) is 3.05. The van der Waals surface area contributed by atoms with Gasteiger partial charge in [0, 0.05) is 25.1 Å². The summed E-state index contributed by atoms with van der Waals surface area (Å²) in [5.41, 5.74) is 1.39. The summed E-state index contributed by atoms with van der Waals surface area (Å²) in [6.45, 7) is 0.561. The summed E-state index contributed by atoms with van der Waals surface area (Å²) < 4.78 is 16.0. The molecule has 4 nitrogen and oxygen atoms in total. The standard InChI is InChI=1S/C13H12BrClFN3O/c14-8-3-10-11(4-9(8)16)19(12(5-15)18-10)6-7-1-2-13(20)17-7/h3-4,7H,1-2,5-6H2,(H,17,20). The van der Waals surface area contributed by atoms with Gasteiger partial charge in [0.25, 0.3) is 0 Å². The van der Waals surface area contributed by atoms with Gasteiger partial charge in [-0.3, -0.25) is 4.79 Å². The van der Waals surface area contributed by atoms with E-state index in [9.17, 15) is 9.18 Å². The number of fused-ring (bicyclic) bond motifs is 1. The Hall–Kier alpha value is -1.14. The van der Waals surface area contributed by atoms with Gasteiger partial charge in [-0.25, -0.2) is 9.37 Å². The maximum Gasteiger partial charge on any atom is 0.220 e. The van der Waals surface area contributed by atoms with Crippen molar-refractivity contribution in [2.45, 2.75) is 31.3 Å². The summed E-state index contributed by atoms with van der Waals surface area (Å²) in [5.74, 6) is 0.644. The van der Waals surface area contributed by atoms with Gasteiger partial charge in [-0.2, -0.15) is 0 Å². The number of aromatic nitrogens is 2. The number of alkyl halides is 1. The number of rotatable bonds is 3. The van der Waals surface area contributed by atoms with Crippen LogP contribution < -0.4 is 5.32 Å². The smallest absolute Gasteiger partial charge is 0.220 e. The molecule has 20 heavy (non-hydrogen) atoms. The lowest BCUT2D eigenvalue weighted by atomic mass is 10.2. The number of halogens is 3. The number of nitrogens with zero attached hydrogens (tertiary/aromatic N) is 2. The Kier molecular flexibility index (Phi) is 3.69. The molecule has 7 heteroatoms. The monoisotopic (exact) mass is 359 g/mol. The molecule has 1 amide bonds. The highest BCUT2D eigenvalue weighted by molar-refractivity contribution is 9.10. The molecule has 1 aliphatic heterocycles. The summed E-state index contributed by atoms with van der Waals surface area (Å²) >= 11 is 9.07. The summed E-state index contributed by atoms with van der Waals surface area (Å²) in [6.07, 6.45) is 1.31. The van der Waals surface area contributed by atoms with E-state index in [4.69, 9.17) is 11.6 Å². The van der Waals surface area contributed by atoms with Gasteiger partial charge in [0.15, 0.2) is 0 Å². The second-order valence-electron chi connectivity index (χ2n) is 4.83. The molecular weight excluding hydrogens is 349 g/mol. The minimum atomic E-state index is -0.338. The second kappa shape index (κ2) is 5.33. The first-order chi connectivity index (χ1) is 9.58. The van der Waals surface area contributed by atoms with E-state index >= 15 is 0 Å². The molecule has 1 saturated heterocycles. The third kappa shape index (κ3) is 2.42. The van der Waals surface area contributed by atoms with Crippen LogP contribution in [0.5, 0.6) is 0 Å². The predicted molar refractivity (Wildman–Crippen MR) is 78.1 cm³/mol. The normalized spacial score (nSPS) is 18.8. The average molecular weight is 361 g/mol. The molecule has 0 spiro atoms. The molecule has 0 saturated carbocycles. The van der Waals surface area contributed by atoms with Crippen molar-refractivity contribution in [2.75, 3.05) is 0 Å². The van der Waals surface area contributed by atoms with Crippen molar-refractivity contribution in [2.24, 2.45) is 0 Å². The fourth-order valence-electron chi connectivity index (χ4n) is 2.51. The highest BCUT2D eigenvalue weighted by Gasteiger charge is 2.23. The second-order valence-corrected chi connectivity index (χ2v) is 5.95. The van der Waals surface area contributed by atoms with E-state index in [-0.39, 0.29) is 23.6 Å². The van der Waals surface area contributed by atoms with Crippen LogP contribution in [-0.2, 0) is 17.2 Å². The van der Waals surface area contributed by atoms with Gasteiger partial charge in [-0.15, -0.1) is 11.6 Å². The van der Waals surface area contributed by atoms with Gasteiger partial charge < -0.3 is 9.88 Å². The lowest BCUT2D eigenvalue weighted by Crippen LogP contribution is -2.30. The molecule has 1 unspecified atom stereocenters. The maximum absolute atomic E-state index is 13.7. The Labute approximate surface area is 128 Å².